The summed E-state index contributed by atoms with van der Waals surface area (Å²) in [6, 6.07) is 0. The van der Waals surface area contributed by atoms with Crippen LogP contribution < -0.4 is 5.73 Å². The van der Waals surface area contributed by atoms with Gasteiger partial charge in [0.1, 0.15) is 6.10 Å². The van der Waals surface area contributed by atoms with Crippen molar-refractivity contribution < 1.29 is 14.3 Å². The molecule has 1 amide bonds. The van der Waals surface area contributed by atoms with Gasteiger partial charge in [-0.25, -0.2) is 0 Å². The molecular formula is C9H17NO3. The number of nitrogens with two attached hydrogens (primary N) is 1. The molecule has 0 aromatic heterocycles. The van der Waals surface area contributed by atoms with E-state index in [4.69, 9.17) is 15.2 Å². The first-order valence-electron chi connectivity index (χ1n) is 4.32. The Bertz CT molecular complexity index is 159. The van der Waals surface area contributed by atoms with Crippen molar-refractivity contribution in [1.82, 2.24) is 0 Å². The van der Waals surface area contributed by atoms with Crippen molar-refractivity contribution in [2.24, 2.45) is 5.73 Å². The molecule has 4 nitrogen and oxygen atoms in total. The zero-order chi connectivity index (χ0) is 10.1. The zero-order valence-corrected chi connectivity index (χ0v) is 7.99. The first kappa shape index (κ1) is 12.0. The third-order valence-corrected chi connectivity index (χ3v) is 1.54. The normalized spacial score (nSPS) is 12.1. The summed E-state index contributed by atoms with van der Waals surface area (Å²) in [5.41, 5.74) is 5.00. The molecule has 0 aliphatic heterocycles. The molecule has 0 fully saturated rings. The van der Waals surface area contributed by atoms with E-state index in [9.17, 15) is 4.79 Å². The van der Waals surface area contributed by atoms with Crippen LogP contribution in [-0.2, 0) is 14.3 Å². The van der Waals surface area contributed by atoms with Crippen molar-refractivity contribution in [2.75, 3.05) is 13.2 Å². The predicted molar refractivity (Wildman–Crippen MR) is 50.0 cm³/mol. The Morgan fingerprint density at radius 3 is 2.69 bits per heavy atom. The third-order valence-electron chi connectivity index (χ3n) is 1.54. The smallest absolute Gasteiger partial charge is 0.246 e. The lowest BCUT2D eigenvalue weighted by Crippen LogP contribution is -2.28. The van der Waals surface area contributed by atoms with Crippen LogP contribution >= 0.6 is 0 Å². The molecule has 0 saturated carbocycles. The number of carbonyl (C=O) groups excluding carboxylic acids is 1. The Morgan fingerprint density at radius 1 is 1.54 bits per heavy atom. The number of unbranched alkanes of at least 4 members (excludes halogenated alkanes) is 1. The molecule has 0 radical (unpaired) electrons. The van der Waals surface area contributed by atoms with Gasteiger partial charge in [-0.2, -0.15) is 0 Å². The van der Waals surface area contributed by atoms with Gasteiger partial charge >= 0.3 is 0 Å². The molecule has 1 unspecified atom stereocenters. The maximum absolute atomic E-state index is 10.5. The molecule has 76 valence electrons. The van der Waals surface area contributed by atoms with Crippen LogP contribution in [0.4, 0.5) is 0 Å². The van der Waals surface area contributed by atoms with E-state index in [1.165, 1.54) is 6.26 Å². The molecule has 0 bridgehead atoms. The summed E-state index contributed by atoms with van der Waals surface area (Å²) in [6.07, 6.45) is 2.65. The van der Waals surface area contributed by atoms with Gasteiger partial charge in [0.25, 0.3) is 0 Å². The average Bonchev–Trinajstić information content (AvgIpc) is 2.10. The van der Waals surface area contributed by atoms with Crippen LogP contribution in [-0.4, -0.2) is 25.2 Å². The van der Waals surface area contributed by atoms with E-state index in [-0.39, 0.29) is 0 Å². The van der Waals surface area contributed by atoms with E-state index >= 15 is 0 Å². The van der Waals surface area contributed by atoms with Crippen molar-refractivity contribution in [1.29, 1.82) is 0 Å². The topological polar surface area (TPSA) is 61.6 Å². The Morgan fingerprint density at radius 2 is 2.15 bits per heavy atom. The number of ether oxygens (including phenoxy) is 2. The first-order chi connectivity index (χ1) is 6.18. The predicted octanol–water partition coefficient (Wildman–Crippen LogP) is 0.817. The summed E-state index contributed by atoms with van der Waals surface area (Å²) >= 11 is 0. The number of amides is 1. The molecule has 0 heterocycles. The van der Waals surface area contributed by atoms with E-state index in [1.807, 2.05) is 0 Å². The number of rotatable bonds is 8. The number of hydrogen-bond donors (Lipinski definition) is 1. The highest BCUT2D eigenvalue weighted by Gasteiger charge is 2.07. The Kier molecular flexibility index (Phi) is 7.01. The zero-order valence-electron chi connectivity index (χ0n) is 7.99. The maximum atomic E-state index is 10.5. The summed E-state index contributed by atoms with van der Waals surface area (Å²) in [7, 11) is 0. The van der Waals surface area contributed by atoms with Crippen LogP contribution in [0.2, 0.25) is 0 Å². The minimum Gasteiger partial charge on any atom is -0.502 e. The molecule has 0 aromatic rings. The lowest BCUT2D eigenvalue weighted by atomic mass is 10.3. The molecule has 1 atom stereocenters. The Hall–Kier alpha value is -1.03. The number of primary amides is 1. The fourth-order valence-corrected chi connectivity index (χ4v) is 0.713. The van der Waals surface area contributed by atoms with Crippen molar-refractivity contribution in [3.8, 4) is 0 Å². The molecule has 13 heavy (non-hydrogen) atoms. The maximum Gasteiger partial charge on any atom is 0.246 e. The summed E-state index contributed by atoms with van der Waals surface area (Å²) in [5.74, 6) is -0.428. The molecule has 0 rings (SSSR count). The number of hydrogen-bond acceptors (Lipinski definition) is 3. The lowest BCUT2D eigenvalue weighted by molar-refractivity contribution is -0.128. The van der Waals surface area contributed by atoms with Gasteiger partial charge in [0.2, 0.25) is 5.91 Å². The number of carbonyl (C=O) groups is 1. The molecule has 0 aromatic carbocycles. The third kappa shape index (κ3) is 7.33. The van der Waals surface area contributed by atoms with Gasteiger partial charge in [0, 0.05) is 6.61 Å². The minimum absolute atomic E-state index is 0.428. The summed E-state index contributed by atoms with van der Waals surface area (Å²) < 4.78 is 10.0. The van der Waals surface area contributed by atoms with E-state index in [2.05, 4.69) is 6.58 Å². The second kappa shape index (κ2) is 7.61. The molecule has 0 aliphatic carbocycles. The Labute approximate surface area is 78.7 Å². The van der Waals surface area contributed by atoms with Crippen LogP contribution in [0.15, 0.2) is 12.8 Å². The standard InChI is InChI=1S/C9H17NO3/c1-3-12-6-4-5-7-13-8(2)9(10)11/h3,8H,1,4-7H2,2H3,(H2,10,11). The highest BCUT2D eigenvalue weighted by Crippen LogP contribution is 1.95. The van der Waals surface area contributed by atoms with Gasteiger partial charge in [0.15, 0.2) is 0 Å². The second-order valence-corrected chi connectivity index (χ2v) is 2.66. The fraction of sp³-hybridized carbons (Fsp3) is 0.667. The molecule has 4 heteroatoms. The summed E-state index contributed by atoms with van der Waals surface area (Å²) in [4.78, 5) is 10.5. The summed E-state index contributed by atoms with van der Waals surface area (Å²) in [6.45, 7) is 6.23. The van der Waals surface area contributed by atoms with Crippen LogP contribution in [0.25, 0.3) is 0 Å². The minimum atomic E-state index is -0.500. The van der Waals surface area contributed by atoms with E-state index in [1.54, 1.807) is 6.92 Å². The van der Waals surface area contributed by atoms with Gasteiger partial charge in [-0.05, 0) is 19.8 Å². The molecule has 0 saturated heterocycles. The fourth-order valence-electron chi connectivity index (χ4n) is 0.713. The summed E-state index contributed by atoms with van der Waals surface area (Å²) in [5, 5.41) is 0. The quantitative estimate of drug-likeness (QED) is 0.452. The van der Waals surface area contributed by atoms with E-state index < -0.39 is 12.0 Å². The van der Waals surface area contributed by atoms with Crippen LogP contribution in [0.1, 0.15) is 19.8 Å². The monoisotopic (exact) mass is 187 g/mol. The lowest BCUT2D eigenvalue weighted by Gasteiger charge is -2.08. The van der Waals surface area contributed by atoms with Crippen LogP contribution in [0.3, 0.4) is 0 Å². The van der Waals surface area contributed by atoms with Crippen molar-refractivity contribution in [3.05, 3.63) is 12.8 Å². The van der Waals surface area contributed by atoms with Crippen molar-refractivity contribution >= 4 is 5.91 Å². The molecule has 2 N–H and O–H groups in total. The second-order valence-electron chi connectivity index (χ2n) is 2.66. The van der Waals surface area contributed by atoms with E-state index in [0.717, 1.165) is 12.8 Å². The van der Waals surface area contributed by atoms with Crippen molar-refractivity contribution in [3.63, 3.8) is 0 Å². The SMILES string of the molecule is C=COCCCCOC(C)C(N)=O. The van der Waals surface area contributed by atoms with Gasteiger partial charge in [-0.15, -0.1) is 0 Å². The first-order valence-corrected chi connectivity index (χ1v) is 4.32. The van der Waals surface area contributed by atoms with Gasteiger partial charge < -0.3 is 15.2 Å². The van der Waals surface area contributed by atoms with Gasteiger partial charge in [-0.3, -0.25) is 4.79 Å². The van der Waals surface area contributed by atoms with Gasteiger partial charge in [0.05, 0.1) is 12.9 Å². The van der Waals surface area contributed by atoms with Crippen LogP contribution in [0.5, 0.6) is 0 Å². The Balaban J connectivity index is 3.15. The van der Waals surface area contributed by atoms with Crippen LogP contribution in [0, 0.1) is 0 Å². The van der Waals surface area contributed by atoms with Crippen molar-refractivity contribution in [2.45, 2.75) is 25.9 Å². The molecular weight excluding hydrogens is 170 g/mol. The average molecular weight is 187 g/mol. The largest absolute Gasteiger partial charge is 0.502 e. The molecule has 0 aliphatic rings. The van der Waals surface area contributed by atoms with Gasteiger partial charge in [-0.1, -0.05) is 6.58 Å². The highest BCUT2D eigenvalue weighted by molar-refractivity contribution is 5.78. The van der Waals surface area contributed by atoms with E-state index in [0.29, 0.717) is 13.2 Å². The molecule has 0 spiro atoms. The highest BCUT2D eigenvalue weighted by atomic mass is 16.5.